The summed E-state index contributed by atoms with van der Waals surface area (Å²) in [6, 6.07) is 5.40. The van der Waals surface area contributed by atoms with Crippen LogP contribution in [0.2, 0.25) is 0 Å². The van der Waals surface area contributed by atoms with Crippen LogP contribution in [0, 0.1) is 0 Å². The van der Waals surface area contributed by atoms with E-state index in [1.54, 1.807) is 12.1 Å². The lowest BCUT2D eigenvalue weighted by Crippen LogP contribution is -2.13. The first-order valence-corrected chi connectivity index (χ1v) is 5.14. The second-order valence-electron chi connectivity index (χ2n) is 2.93. The average Bonchev–Trinajstić information content (AvgIpc) is 2.58. The molecule has 1 heterocycles. The summed E-state index contributed by atoms with van der Waals surface area (Å²) >= 11 is 3.32. The summed E-state index contributed by atoms with van der Waals surface area (Å²) in [5.74, 6) is 0.389. The number of hydrogen-bond acceptors (Lipinski definition) is 3. The van der Waals surface area contributed by atoms with Crippen LogP contribution in [-0.2, 0) is 9.59 Å². The van der Waals surface area contributed by atoms with Gasteiger partial charge >= 0.3 is 0 Å². The zero-order chi connectivity index (χ0) is 11.5. The van der Waals surface area contributed by atoms with Gasteiger partial charge in [-0.3, -0.25) is 9.59 Å². The molecule has 0 saturated heterocycles. The lowest BCUT2D eigenvalue weighted by atomic mass is 10.2. The highest BCUT2D eigenvalue weighted by Crippen LogP contribution is 2.25. The van der Waals surface area contributed by atoms with Crippen molar-refractivity contribution in [2.24, 2.45) is 0 Å². The third kappa shape index (κ3) is 1.76. The second kappa shape index (κ2) is 4.31. The first kappa shape index (κ1) is 10.6. The molecule has 2 amide bonds. The van der Waals surface area contributed by atoms with Crippen LogP contribution in [0.1, 0.15) is 0 Å². The van der Waals surface area contributed by atoms with Crippen LogP contribution < -0.4 is 10.7 Å². The summed E-state index contributed by atoms with van der Waals surface area (Å²) in [6.07, 6.45) is 1.05. The van der Waals surface area contributed by atoms with Crippen LogP contribution >= 0.6 is 15.9 Å². The molecule has 0 aliphatic carbocycles. The predicted molar refractivity (Wildman–Crippen MR) is 62.5 cm³/mol. The molecule has 1 aromatic heterocycles. The van der Waals surface area contributed by atoms with Crippen LogP contribution in [0.25, 0.3) is 10.9 Å². The lowest BCUT2D eigenvalue weighted by Gasteiger charge is -1.98. The monoisotopic (exact) mass is 282 g/mol. The van der Waals surface area contributed by atoms with Crippen molar-refractivity contribution in [2.45, 2.75) is 0 Å². The highest BCUT2D eigenvalue weighted by molar-refractivity contribution is 9.10. The molecule has 2 rings (SSSR count). The topological polar surface area (TPSA) is 76.0 Å². The van der Waals surface area contributed by atoms with Gasteiger partial charge in [-0.15, -0.1) is 5.10 Å². The minimum absolute atomic E-state index is 0.389. The van der Waals surface area contributed by atoms with Crippen molar-refractivity contribution < 1.29 is 9.59 Å². The van der Waals surface area contributed by atoms with Gasteiger partial charge in [0.25, 0.3) is 0 Å². The number of nitrogens with zero attached hydrogens (tertiary/aromatic N) is 2. The number of benzene rings is 1. The van der Waals surface area contributed by atoms with Gasteiger partial charge in [0, 0.05) is 9.86 Å². The van der Waals surface area contributed by atoms with Crippen LogP contribution in [0.3, 0.4) is 0 Å². The van der Waals surface area contributed by atoms with E-state index in [-0.39, 0.29) is 0 Å². The molecule has 16 heavy (non-hydrogen) atoms. The Morgan fingerprint density at radius 1 is 1.31 bits per heavy atom. The lowest BCUT2D eigenvalue weighted by molar-refractivity contribution is -0.106. The number of nitrogens with one attached hydrogen (secondary N) is 2. The van der Waals surface area contributed by atoms with Gasteiger partial charge in [-0.05, 0) is 18.2 Å². The molecule has 2 aromatic rings. The Morgan fingerprint density at radius 2 is 2.12 bits per heavy atom. The Morgan fingerprint density at radius 3 is 2.81 bits per heavy atom. The summed E-state index contributed by atoms with van der Waals surface area (Å²) in [7, 11) is 0. The number of hydrogen-bond donors (Lipinski definition) is 2. The fourth-order valence-electron chi connectivity index (χ4n) is 1.40. The van der Waals surface area contributed by atoms with E-state index in [0.717, 1.165) is 9.86 Å². The Labute approximate surface area is 98.7 Å². The first-order chi connectivity index (χ1) is 7.76. The largest absolute Gasteiger partial charge is 0.311 e. The maximum Gasteiger partial charge on any atom is 0.227 e. The molecule has 0 aliphatic heterocycles. The van der Waals surface area contributed by atoms with Gasteiger partial charge < -0.3 is 5.32 Å². The van der Waals surface area contributed by atoms with Crippen molar-refractivity contribution >= 4 is 45.5 Å². The molecule has 1 aromatic carbocycles. The van der Waals surface area contributed by atoms with Gasteiger partial charge in [0.1, 0.15) is 0 Å². The van der Waals surface area contributed by atoms with E-state index in [0.29, 0.717) is 24.2 Å². The average molecular weight is 283 g/mol. The maximum atomic E-state index is 10.4. The van der Waals surface area contributed by atoms with Crippen LogP contribution in [0.5, 0.6) is 0 Å². The molecule has 0 aliphatic rings. The zero-order valence-corrected chi connectivity index (χ0v) is 9.56. The van der Waals surface area contributed by atoms with Crippen molar-refractivity contribution in [3.05, 3.63) is 22.7 Å². The van der Waals surface area contributed by atoms with Crippen molar-refractivity contribution in [1.82, 2.24) is 9.89 Å². The summed E-state index contributed by atoms with van der Waals surface area (Å²) in [4.78, 5) is 22.1. The van der Waals surface area contributed by atoms with E-state index in [1.165, 1.54) is 4.79 Å². The molecule has 7 heteroatoms. The molecular weight excluding hydrogens is 276 g/mol. The minimum Gasteiger partial charge on any atom is -0.311 e. The van der Waals surface area contributed by atoms with Crippen LogP contribution in [0.4, 0.5) is 5.82 Å². The molecule has 0 atom stereocenters. The van der Waals surface area contributed by atoms with Crippen molar-refractivity contribution in [3.8, 4) is 0 Å². The fourth-order valence-corrected chi connectivity index (χ4v) is 1.76. The fraction of sp³-hybridized carbons (Fsp3) is 0. The quantitative estimate of drug-likeness (QED) is 0.824. The van der Waals surface area contributed by atoms with E-state index in [1.807, 2.05) is 6.07 Å². The summed E-state index contributed by atoms with van der Waals surface area (Å²) in [5, 5.41) is 7.22. The predicted octanol–water partition coefficient (Wildman–Crippen LogP) is 1.07. The molecule has 2 N–H and O–H groups in total. The number of anilines is 1. The Kier molecular flexibility index (Phi) is 2.86. The highest BCUT2D eigenvalue weighted by Gasteiger charge is 2.09. The number of carbonyl (C=O) groups excluding carboxylic acids is 2. The van der Waals surface area contributed by atoms with Crippen molar-refractivity contribution in [2.75, 3.05) is 10.7 Å². The highest BCUT2D eigenvalue weighted by atomic mass is 79.9. The first-order valence-electron chi connectivity index (χ1n) is 4.35. The molecular formula is C9H7BrN4O2. The van der Waals surface area contributed by atoms with Gasteiger partial charge in [-0.2, -0.15) is 4.79 Å². The maximum absolute atomic E-state index is 10.4. The second-order valence-corrected chi connectivity index (χ2v) is 3.85. The number of carbonyl (C=O) groups is 2. The molecule has 0 saturated carbocycles. The molecule has 0 spiro atoms. The summed E-state index contributed by atoms with van der Waals surface area (Å²) in [6.45, 7) is 0. The normalized spacial score (nSPS) is 10.1. The van der Waals surface area contributed by atoms with Crippen LogP contribution in [-0.4, -0.2) is 22.7 Å². The van der Waals surface area contributed by atoms with Gasteiger partial charge in [0.05, 0.1) is 5.52 Å². The van der Waals surface area contributed by atoms with E-state index in [2.05, 4.69) is 31.8 Å². The molecule has 0 fully saturated rings. The number of rotatable bonds is 4. The number of halogens is 1. The zero-order valence-electron chi connectivity index (χ0n) is 7.98. The summed E-state index contributed by atoms with van der Waals surface area (Å²) in [5.41, 5.74) is 3.10. The smallest absolute Gasteiger partial charge is 0.227 e. The van der Waals surface area contributed by atoms with E-state index >= 15 is 0 Å². The third-order valence-corrected chi connectivity index (χ3v) is 2.51. The summed E-state index contributed by atoms with van der Waals surface area (Å²) < 4.78 is 0.861. The van der Waals surface area contributed by atoms with E-state index < -0.39 is 0 Å². The van der Waals surface area contributed by atoms with Gasteiger partial charge in [0.2, 0.25) is 12.8 Å². The van der Waals surface area contributed by atoms with E-state index in [4.69, 9.17) is 0 Å². The van der Waals surface area contributed by atoms with Crippen molar-refractivity contribution in [1.29, 1.82) is 0 Å². The molecule has 6 nitrogen and oxygen atoms in total. The van der Waals surface area contributed by atoms with E-state index in [9.17, 15) is 9.59 Å². The minimum atomic E-state index is 0.389. The van der Waals surface area contributed by atoms with Gasteiger partial charge in [0.15, 0.2) is 5.82 Å². The standard InChI is InChI=1S/C9H7BrN4O2/c10-6-1-2-8-7(3-6)9(11-4-15)13-14(8)12-5-16/h1-5H,(H,12,16)(H,11,13,15). The Hall–Kier alpha value is -1.89. The van der Waals surface area contributed by atoms with Gasteiger partial charge in [-0.25, -0.2) is 5.43 Å². The number of fused-ring (bicyclic) bond motifs is 1. The molecule has 0 unspecified atom stereocenters. The molecule has 0 radical (unpaired) electrons. The SMILES string of the molecule is O=CNc1nn(NC=O)c2ccc(Br)cc12. The molecule has 82 valence electrons. The molecule has 0 bridgehead atoms. The third-order valence-electron chi connectivity index (χ3n) is 2.01. The van der Waals surface area contributed by atoms with Crippen LogP contribution in [0.15, 0.2) is 22.7 Å². The van der Waals surface area contributed by atoms with Gasteiger partial charge in [-0.1, -0.05) is 15.9 Å². The van der Waals surface area contributed by atoms with Crippen molar-refractivity contribution in [3.63, 3.8) is 0 Å². The Balaban J connectivity index is 2.65. The number of aromatic nitrogens is 2. The Bertz CT molecular complexity index is 552. The number of amides is 2.